The Labute approximate surface area is 116 Å². The van der Waals surface area contributed by atoms with E-state index in [-0.39, 0.29) is 22.9 Å². The SMILES string of the molecule is CCn1ncc(NCC2CCCS2(=O)=O)c(Cl)c1=O. The van der Waals surface area contributed by atoms with Crippen LogP contribution in [0, 0.1) is 0 Å². The van der Waals surface area contributed by atoms with Crippen molar-refractivity contribution < 1.29 is 8.42 Å². The molecule has 2 rings (SSSR count). The zero-order valence-corrected chi connectivity index (χ0v) is 12.2. The smallest absolute Gasteiger partial charge is 0.287 e. The van der Waals surface area contributed by atoms with Crippen molar-refractivity contribution in [3.05, 3.63) is 21.6 Å². The van der Waals surface area contributed by atoms with Crippen LogP contribution in [0.3, 0.4) is 0 Å². The molecule has 1 aliphatic rings. The molecule has 1 atom stereocenters. The summed E-state index contributed by atoms with van der Waals surface area (Å²) in [4.78, 5) is 11.8. The molecule has 8 heteroatoms. The first kappa shape index (κ1) is 14.3. The quantitative estimate of drug-likeness (QED) is 0.894. The average molecular weight is 306 g/mol. The van der Waals surface area contributed by atoms with Crippen LogP contribution in [0.25, 0.3) is 0 Å². The number of hydrogen-bond donors (Lipinski definition) is 1. The molecule has 1 N–H and O–H groups in total. The van der Waals surface area contributed by atoms with Gasteiger partial charge >= 0.3 is 0 Å². The summed E-state index contributed by atoms with van der Waals surface area (Å²) in [5.41, 5.74) is 0.0157. The van der Waals surface area contributed by atoms with Crippen molar-refractivity contribution in [2.75, 3.05) is 17.6 Å². The zero-order valence-electron chi connectivity index (χ0n) is 10.6. The van der Waals surface area contributed by atoms with Crippen LogP contribution in [0.1, 0.15) is 19.8 Å². The van der Waals surface area contributed by atoms with E-state index in [2.05, 4.69) is 10.4 Å². The summed E-state index contributed by atoms with van der Waals surface area (Å²) in [6, 6.07) is 0. The van der Waals surface area contributed by atoms with Gasteiger partial charge in [-0.3, -0.25) is 4.79 Å². The molecular weight excluding hydrogens is 290 g/mol. The maximum Gasteiger partial charge on any atom is 0.287 e. The lowest BCUT2D eigenvalue weighted by Gasteiger charge is -2.13. The van der Waals surface area contributed by atoms with Crippen molar-refractivity contribution in [2.45, 2.75) is 31.6 Å². The predicted molar refractivity (Wildman–Crippen MR) is 74.5 cm³/mol. The second-order valence-electron chi connectivity index (χ2n) is 4.51. The van der Waals surface area contributed by atoms with E-state index < -0.39 is 15.1 Å². The Kier molecular flexibility index (Phi) is 4.15. The summed E-state index contributed by atoms with van der Waals surface area (Å²) in [7, 11) is -3.00. The van der Waals surface area contributed by atoms with Crippen LogP contribution in [0.2, 0.25) is 5.02 Å². The summed E-state index contributed by atoms with van der Waals surface area (Å²) >= 11 is 5.95. The zero-order chi connectivity index (χ0) is 14.0. The Bertz CT molecular complexity index is 627. The van der Waals surface area contributed by atoms with E-state index in [1.807, 2.05) is 0 Å². The van der Waals surface area contributed by atoms with E-state index in [4.69, 9.17) is 11.6 Å². The number of rotatable bonds is 4. The second kappa shape index (κ2) is 5.50. The van der Waals surface area contributed by atoms with Gasteiger partial charge in [-0.2, -0.15) is 5.10 Å². The molecule has 0 aliphatic carbocycles. The molecule has 1 aromatic heterocycles. The molecule has 1 fully saturated rings. The number of anilines is 1. The summed E-state index contributed by atoms with van der Waals surface area (Å²) in [6.07, 6.45) is 2.79. The van der Waals surface area contributed by atoms with Crippen LogP contribution in [0.15, 0.2) is 11.0 Å². The van der Waals surface area contributed by atoms with Crippen molar-refractivity contribution in [1.82, 2.24) is 9.78 Å². The molecule has 0 aromatic carbocycles. The third-order valence-electron chi connectivity index (χ3n) is 3.27. The molecule has 0 saturated carbocycles. The van der Waals surface area contributed by atoms with Crippen LogP contribution < -0.4 is 10.9 Å². The Morgan fingerprint density at radius 3 is 2.89 bits per heavy atom. The summed E-state index contributed by atoms with van der Waals surface area (Å²) in [5, 5.41) is 6.51. The van der Waals surface area contributed by atoms with Gasteiger partial charge in [0.1, 0.15) is 5.02 Å². The molecule has 0 spiro atoms. The lowest BCUT2D eigenvalue weighted by Crippen LogP contribution is -2.27. The van der Waals surface area contributed by atoms with E-state index in [0.29, 0.717) is 25.1 Å². The Morgan fingerprint density at radius 1 is 1.58 bits per heavy atom. The molecule has 0 bridgehead atoms. The second-order valence-corrected chi connectivity index (χ2v) is 7.28. The van der Waals surface area contributed by atoms with Gasteiger partial charge in [-0.15, -0.1) is 0 Å². The van der Waals surface area contributed by atoms with Crippen molar-refractivity contribution in [2.24, 2.45) is 0 Å². The highest BCUT2D eigenvalue weighted by Crippen LogP contribution is 2.22. The number of aryl methyl sites for hydroxylation is 1. The third-order valence-corrected chi connectivity index (χ3v) is 5.91. The molecule has 1 unspecified atom stereocenters. The molecular formula is C11H16ClN3O3S. The minimum absolute atomic E-state index is 0.0484. The van der Waals surface area contributed by atoms with Crippen LogP contribution in [-0.4, -0.2) is 35.7 Å². The van der Waals surface area contributed by atoms with Gasteiger partial charge in [0.25, 0.3) is 5.56 Å². The van der Waals surface area contributed by atoms with E-state index >= 15 is 0 Å². The van der Waals surface area contributed by atoms with E-state index in [1.54, 1.807) is 6.92 Å². The normalized spacial score (nSPS) is 21.5. The van der Waals surface area contributed by atoms with E-state index in [0.717, 1.165) is 0 Å². The third kappa shape index (κ3) is 2.92. The average Bonchev–Trinajstić information content (AvgIpc) is 2.70. The minimum Gasteiger partial charge on any atom is -0.381 e. The highest BCUT2D eigenvalue weighted by atomic mass is 35.5. The number of hydrogen-bond acceptors (Lipinski definition) is 5. The Morgan fingerprint density at radius 2 is 2.32 bits per heavy atom. The Hall–Kier alpha value is -1.08. The maximum absolute atomic E-state index is 11.8. The monoisotopic (exact) mass is 305 g/mol. The van der Waals surface area contributed by atoms with Gasteiger partial charge in [-0.05, 0) is 19.8 Å². The molecule has 1 saturated heterocycles. The van der Waals surface area contributed by atoms with E-state index in [9.17, 15) is 13.2 Å². The maximum atomic E-state index is 11.8. The van der Waals surface area contributed by atoms with E-state index in [1.165, 1.54) is 10.9 Å². The van der Waals surface area contributed by atoms with Gasteiger partial charge in [0.05, 0.1) is 22.9 Å². The first-order valence-electron chi connectivity index (χ1n) is 6.16. The molecule has 1 aliphatic heterocycles. The summed E-state index contributed by atoms with van der Waals surface area (Å²) in [5.74, 6) is 0.239. The molecule has 19 heavy (non-hydrogen) atoms. The van der Waals surface area contributed by atoms with Crippen LogP contribution in [-0.2, 0) is 16.4 Å². The minimum atomic E-state index is -3.00. The van der Waals surface area contributed by atoms with Crippen LogP contribution >= 0.6 is 11.6 Å². The fraction of sp³-hybridized carbons (Fsp3) is 0.636. The Balaban J connectivity index is 2.13. The largest absolute Gasteiger partial charge is 0.381 e. The fourth-order valence-corrected chi connectivity index (χ4v) is 4.10. The molecule has 1 aromatic rings. The number of aromatic nitrogens is 2. The van der Waals surface area contributed by atoms with Crippen molar-refractivity contribution in [3.63, 3.8) is 0 Å². The number of halogens is 1. The van der Waals surface area contributed by atoms with Gasteiger partial charge in [0.2, 0.25) is 0 Å². The van der Waals surface area contributed by atoms with Gasteiger partial charge < -0.3 is 5.32 Å². The van der Waals surface area contributed by atoms with Gasteiger partial charge in [-0.1, -0.05) is 11.6 Å². The first-order chi connectivity index (χ1) is 8.95. The molecule has 6 nitrogen and oxygen atoms in total. The van der Waals surface area contributed by atoms with Gasteiger partial charge in [0.15, 0.2) is 9.84 Å². The van der Waals surface area contributed by atoms with Gasteiger partial charge in [0, 0.05) is 13.1 Å². The molecule has 106 valence electrons. The highest BCUT2D eigenvalue weighted by Gasteiger charge is 2.31. The summed E-state index contributed by atoms with van der Waals surface area (Å²) < 4.78 is 24.6. The fourth-order valence-electron chi connectivity index (χ4n) is 2.12. The highest BCUT2D eigenvalue weighted by molar-refractivity contribution is 7.92. The lowest BCUT2D eigenvalue weighted by atomic mass is 10.2. The van der Waals surface area contributed by atoms with Crippen molar-refractivity contribution >= 4 is 27.1 Å². The van der Waals surface area contributed by atoms with Crippen LogP contribution in [0.4, 0.5) is 5.69 Å². The molecule has 0 radical (unpaired) electrons. The van der Waals surface area contributed by atoms with Crippen molar-refractivity contribution in [1.29, 1.82) is 0 Å². The van der Waals surface area contributed by atoms with Crippen LogP contribution in [0.5, 0.6) is 0 Å². The van der Waals surface area contributed by atoms with Gasteiger partial charge in [-0.25, -0.2) is 13.1 Å². The van der Waals surface area contributed by atoms with Crippen molar-refractivity contribution in [3.8, 4) is 0 Å². The molecule has 2 heterocycles. The lowest BCUT2D eigenvalue weighted by molar-refractivity contribution is 0.591. The summed E-state index contributed by atoms with van der Waals surface area (Å²) in [6.45, 7) is 2.50. The molecule has 0 amide bonds. The number of nitrogens with one attached hydrogen (secondary N) is 1. The standard InChI is InChI=1S/C11H16ClN3O3S/c1-2-15-11(16)10(12)9(7-14-15)13-6-8-4-3-5-19(8,17)18/h7-8,13H,2-6H2,1H3. The number of sulfone groups is 1. The first-order valence-corrected chi connectivity index (χ1v) is 8.26. The predicted octanol–water partition coefficient (Wildman–Crippen LogP) is 0.906. The topological polar surface area (TPSA) is 81.1 Å². The number of nitrogens with zero attached hydrogens (tertiary/aromatic N) is 2.